The zero-order chi connectivity index (χ0) is 20.2. The van der Waals surface area contributed by atoms with Crippen molar-refractivity contribution in [3.8, 4) is 22.8 Å². The third kappa shape index (κ3) is 4.03. The van der Waals surface area contributed by atoms with Gasteiger partial charge in [-0.05, 0) is 36.8 Å². The van der Waals surface area contributed by atoms with Gasteiger partial charge in [-0.1, -0.05) is 18.2 Å². The van der Waals surface area contributed by atoms with Crippen LogP contribution in [0.15, 0.2) is 48.5 Å². The lowest BCUT2D eigenvalue weighted by molar-refractivity contribution is 0.0946. The molecule has 2 aromatic carbocycles. The number of hydrogen-bond acceptors (Lipinski definition) is 5. The standard InChI is InChI=1S/C23H24N2O4/c1-27-21-8-7-16(11-22(21)28-2)20-12-18(17-5-3-4-6-19(17)25-20)23(26)24-13-15-9-10-29-14-15/h3-8,11-12,15H,9-10,13-14H2,1-2H3,(H,24,26). The average molecular weight is 392 g/mol. The molecule has 29 heavy (non-hydrogen) atoms. The Morgan fingerprint density at radius 2 is 1.97 bits per heavy atom. The Labute approximate surface area is 169 Å². The number of carbonyl (C=O) groups excluding carboxylic acids is 1. The zero-order valence-corrected chi connectivity index (χ0v) is 16.6. The van der Waals surface area contributed by atoms with Crippen molar-refractivity contribution in [2.45, 2.75) is 6.42 Å². The average Bonchev–Trinajstić information content (AvgIpc) is 3.30. The Morgan fingerprint density at radius 3 is 2.72 bits per heavy atom. The minimum Gasteiger partial charge on any atom is -0.493 e. The Morgan fingerprint density at radius 1 is 1.14 bits per heavy atom. The van der Waals surface area contributed by atoms with E-state index in [1.165, 1.54) is 0 Å². The maximum absolute atomic E-state index is 13.0. The third-order valence-corrected chi connectivity index (χ3v) is 5.22. The molecule has 0 radical (unpaired) electrons. The molecule has 1 aliphatic rings. The molecule has 1 N–H and O–H groups in total. The Bertz CT molecular complexity index is 1030. The predicted octanol–water partition coefficient (Wildman–Crippen LogP) is 3.69. The summed E-state index contributed by atoms with van der Waals surface area (Å²) in [4.78, 5) is 17.8. The quantitative estimate of drug-likeness (QED) is 0.693. The summed E-state index contributed by atoms with van der Waals surface area (Å²) in [6.07, 6.45) is 0.980. The smallest absolute Gasteiger partial charge is 0.252 e. The molecule has 1 aliphatic heterocycles. The molecule has 1 unspecified atom stereocenters. The van der Waals surface area contributed by atoms with E-state index < -0.39 is 0 Å². The van der Waals surface area contributed by atoms with Crippen LogP contribution in [0.3, 0.4) is 0 Å². The summed E-state index contributed by atoms with van der Waals surface area (Å²) in [6.45, 7) is 2.08. The van der Waals surface area contributed by atoms with Crippen LogP contribution in [0.5, 0.6) is 11.5 Å². The molecule has 6 nitrogen and oxygen atoms in total. The number of para-hydroxylation sites is 1. The number of pyridine rings is 1. The number of ether oxygens (including phenoxy) is 3. The first-order chi connectivity index (χ1) is 14.2. The van der Waals surface area contributed by atoms with E-state index >= 15 is 0 Å². The van der Waals surface area contributed by atoms with E-state index in [-0.39, 0.29) is 5.91 Å². The number of nitrogens with one attached hydrogen (secondary N) is 1. The number of hydrogen-bond donors (Lipinski definition) is 1. The fourth-order valence-corrected chi connectivity index (χ4v) is 3.58. The van der Waals surface area contributed by atoms with E-state index in [1.54, 1.807) is 14.2 Å². The van der Waals surface area contributed by atoms with Crippen molar-refractivity contribution in [3.05, 3.63) is 54.1 Å². The third-order valence-electron chi connectivity index (χ3n) is 5.22. The lowest BCUT2D eigenvalue weighted by atomic mass is 10.0. The normalized spacial score (nSPS) is 16.0. The van der Waals surface area contributed by atoms with E-state index in [4.69, 9.17) is 19.2 Å². The number of amides is 1. The second kappa shape index (κ2) is 8.49. The summed E-state index contributed by atoms with van der Waals surface area (Å²) in [5, 5.41) is 3.89. The number of fused-ring (bicyclic) bond motifs is 1. The van der Waals surface area contributed by atoms with Crippen molar-refractivity contribution < 1.29 is 19.0 Å². The highest BCUT2D eigenvalue weighted by Crippen LogP contribution is 2.33. The maximum Gasteiger partial charge on any atom is 0.252 e. The van der Waals surface area contributed by atoms with Gasteiger partial charge >= 0.3 is 0 Å². The summed E-state index contributed by atoms with van der Waals surface area (Å²) in [5.41, 5.74) is 2.94. The minimum atomic E-state index is -0.0998. The van der Waals surface area contributed by atoms with Gasteiger partial charge in [0, 0.05) is 30.0 Å². The van der Waals surface area contributed by atoms with Crippen LogP contribution in [0.1, 0.15) is 16.8 Å². The number of rotatable bonds is 6. The van der Waals surface area contributed by atoms with E-state index in [0.717, 1.165) is 29.5 Å². The second-order valence-electron chi connectivity index (χ2n) is 7.08. The Kier molecular flexibility index (Phi) is 5.62. The maximum atomic E-state index is 13.0. The molecule has 0 aliphatic carbocycles. The van der Waals surface area contributed by atoms with Crippen molar-refractivity contribution in [3.63, 3.8) is 0 Å². The van der Waals surface area contributed by atoms with Crippen LogP contribution < -0.4 is 14.8 Å². The van der Waals surface area contributed by atoms with Gasteiger partial charge in [0.2, 0.25) is 0 Å². The minimum absolute atomic E-state index is 0.0998. The van der Waals surface area contributed by atoms with Crippen LogP contribution in [0, 0.1) is 5.92 Å². The molecule has 2 heterocycles. The number of nitrogens with zero attached hydrogens (tertiary/aromatic N) is 1. The second-order valence-corrected chi connectivity index (χ2v) is 7.08. The van der Waals surface area contributed by atoms with Crippen molar-refractivity contribution in [2.75, 3.05) is 34.0 Å². The molecule has 1 amide bonds. The van der Waals surface area contributed by atoms with E-state index in [2.05, 4.69) is 5.32 Å². The van der Waals surface area contributed by atoms with E-state index in [9.17, 15) is 4.79 Å². The molecule has 150 valence electrons. The van der Waals surface area contributed by atoms with E-state index in [1.807, 2.05) is 48.5 Å². The molecule has 0 spiro atoms. The van der Waals surface area contributed by atoms with Gasteiger partial charge in [0.1, 0.15) is 0 Å². The fourth-order valence-electron chi connectivity index (χ4n) is 3.58. The van der Waals surface area contributed by atoms with Crippen LogP contribution in [-0.2, 0) is 4.74 Å². The molecule has 1 atom stereocenters. The molecule has 0 saturated carbocycles. The van der Waals surface area contributed by atoms with Gasteiger partial charge in [-0.15, -0.1) is 0 Å². The van der Waals surface area contributed by atoms with Crippen LogP contribution in [0.4, 0.5) is 0 Å². The highest BCUT2D eigenvalue weighted by molar-refractivity contribution is 6.07. The number of carbonyl (C=O) groups is 1. The predicted molar refractivity (Wildman–Crippen MR) is 112 cm³/mol. The van der Waals surface area contributed by atoms with Crippen LogP contribution in [0.25, 0.3) is 22.2 Å². The Balaban J connectivity index is 1.71. The lowest BCUT2D eigenvalue weighted by Gasteiger charge is -2.13. The molecule has 6 heteroatoms. The van der Waals surface area contributed by atoms with Gasteiger partial charge in [-0.25, -0.2) is 4.98 Å². The highest BCUT2D eigenvalue weighted by atomic mass is 16.5. The number of benzene rings is 2. The van der Waals surface area contributed by atoms with Crippen molar-refractivity contribution in [2.24, 2.45) is 5.92 Å². The summed E-state index contributed by atoms with van der Waals surface area (Å²) in [5.74, 6) is 1.54. The topological polar surface area (TPSA) is 69.7 Å². The molecule has 4 rings (SSSR count). The number of methoxy groups -OCH3 is 2. The molecule has 1 saturated heterocycles. The molecule has 1 fully saturated rings. The van der Waals surface area contributed by atoms with Crippen molar-refractivity contribution in [1.82, 2.24) is 10.3 Å². The van der Waals surface area contributed by atoms with Crippen LogP contribution >= 0.6 is 0 Å². The van der Waals surface area contributed by atoms with E-state index in [0.29, 0.717) is 41.8 Å². The van der Waals surface area contributed by atoms with Crippen molar-refractivity contribution in [1.29, 1.82) is 0 Å². The monoisotopic (exact) mass is 392 g/mol. The van der Waals surface area contributed by atoms with Gasteiger partial charge in [0.25, 0.3) is 5.91 Å². The SMILES string of the molecule is COc1ccc(-c2cc(C(=O)NCC3CCOC3)c3ccccc3n2)cc1OC. The molecule has 0 bridgehead atoms. The largest absolute Gasteiger partial charge is 0.493 e. The molecule has 1 aromatic heterocycles. The summed E-state index contributed by atoms with van der Waals surface area (Å²) < 4.78 is 16.1. The zero-order valence-electron chi connectivity index (χ0n) is 16.6. The van der Waals surface area contributed by atoms with Gasteiger partial charge in [-0.3, -0.25) is 4.79 Å². The first kappa shape index (κ1) is 19.2. The summed E-state index contributed by atoms with van der Waals surface area (Å²) >= 11 is 0. The number of aromatic nitrogens is 1. The van der Waals surface area contributed by atoms with Gasteiger partial charge in [-0.2, -0.15) is 0 Å². The molecule has 3 aromatic rings. The lowest BCUT2D eigenvalue weighted by Crippen LogP contribution is -2.29. The van der Waals surface area contributed by atoms with Crippen LogP contribution in [-0.4, -0.2) is 44.9 Å². The highest BCUT2D eigenvalue weighted by Gasteiger charge is 2.19. The summed E-state index contributed by atoms with van der Waals surface area (Å²) in [6, 6.07) is 15.1. The van der Waals surface area contributed by atoms with Crippen molar-refractivity contribution >= 4 is 16.8 Å². The first-order valence-electron chi connectivity index (χ1n) is 9.67. The van der Waals surface area contributed by atoms with Crippen LogP contribution in [0.2, 0.25) is 0 Å². The molecular formula is C23H24N2O4. The first-order valence-corrected chi connectivity index (χ1v) is 9.67. The molecular weight excluding hydrogens is 368 g/mol. The summed E-state index contributed by atoms with van der Waals surface area (Å²) in [7, 11) is 3.20. The van der Waals surface area contributed by atoms with Gasteiger partial charge in [0.15, 0.2) is 11.5 Å². The fraction of sp³-hybridized carbons (Fsp3) is 0.304. The Hall–Kier alpha value is -3.12. The van der Waals surface area contributed by atoms with Gasteiger partial charge in [0.05, 0.1) is 37.6 Å². The van der Waals surface area contributed by atoms with Gasteiger partial charge < -0.3 is 19.5 Å².